The van der Waals surface area contributed by atoms with Gasteiger partial charge in [0.2, 0.25) is 5.95 Å². The summed E-state index contributed by atoms with van der Waals surface area (Å²) in [5, 5.41) is 15.2. The number of hydrogen-bond donors (Lipinski definition) is 1. The van der Waals surface area contributed by atoms with Gasteiger partial charge in [0.25, 0.3) is 0 Å². The molecule has 8 heteroatoms. The molecular weight excluding hydrogens is 304 g/mol. The van der Waals surface area contributed by atoms with Crippen molar-refractivity contribution in [2.75, 3.05) is 18.0 Å². The Hall–Kier alpha value is -1.73. The number of rotatable bonds is 2. The predicted molar refractivity (Wildman–Crippen MR) is 80.5 cm³/mol. The van der Waals surface area contributed by atoms with Crippen LogP contribution in [0.25, 0.3) is 0 Å². The van der Waals surface area contributed by atoms with Crippen molar-refractivity contribution >= 4 is 17.5 Å². The zero-order valence-electron chi connectivity index (χ0n) is 12.0. The zero-order chi connectivity index (χ0) is 15.1. The van der Waals surface area contributed by atoms with Gasteiger partial charge in [0.05, 0.1) is 29.6 Å². The molecule has 1 saturated carbocycles. The normalized spacial score (nSPS) is 31.3. The first-order valence-corrected chi connectivity index (χ1v) is 7.83. The molecule has 0 radical (unpaired) electrons. The molecule has 0 bridgehead atoms. The second-order valence-electron chi connectivity index (χ2n) is 6.11. The van der Waals surface area contributed by atoms with E-state index in [1.165, 1.54) is 6.33 Å². The monoisotopic (exact) mass is 320 g/mol. The van der Waals surface area contributed by atoms with Crippen LogP contribution in [0.1, 0.15) is 18.9 Å². The SMILES string of the molecule is O[C@@H]1C[C@H]2CN(c3ncc(Cl)cn3)C[C@H]2C[C@H]1n1cncn1. The van der Waals surface area contributed by atoms with E-state index >= 15 is 0 Å². The van der Waals surface area contributed by atoms with Crippen LogP contribution in [0.3, 0.4) is 0 Å². The second kappa shape index (κ2) is 5.48. The second-order valence-corrected chi connectivity index (χ2v) is 6.54. The lowest BCUT2D eigenvalue weighted by atomic mass is 9.77. The predicted octanol–water partition coefficient (Wildman–Crippen LogP) is 1.17. The highest BCUT2D eigenvalue weighted by atomic mass is 35.5. The van der Waals surface area contributed by atoms with Crippen molar-refractivity contribution in [2.45, 2.75) is 25.0 Å². The van der Waals surface area contributed by atoms with Crippen LogP contribution >= 0.6 is 11.6 Å². The summed E-state index contributed by atoms with van der Waals surface area (Å²) < 4.78 is 1.78. The quantitative estimate of drug-likeness (QED) is 0.894. The number of halogens is 1. The Bertz CT molecular complexity index is 633. The van der Waals surface area contributed by atoms with E-state index in [0.29, 0.717) is 22.8 Å². The summed E-state index contributed by atoms with van der Waals surface area (Å²) in [5.74, 6) is 1.69. The van der Waals surface area contributed by atoms with Crippen molar-refractivity contribution in [2.24, 2.45) is 11.8 Å². The lowest BCUT2D eigenvalue weighted by molar-refractivity contribution is 0.0305. The van der Waals surface area contributed by atoms with Gasteiger partial charge in [-0.15, -0.1) is 0 Å². The number of aliphatic hydroxyl groups excluding tert-OH is 1. The number of anilines is 1. The summed E-state index contributed by atoms with van der Waals surface area (Å²) in [6.07, 6.45) is 7.75. The molecule has 0 unspecified atom stereocenters. The molecular formula is C14H17ClN6O. The fourth-order valence-corrected chi connectivity index (χ4v) is 3.81. The lowest BCUT2D eigenvalue weighted by Crippen LogP contribution is -2.36. The maximum absolute atomic E-state index is 10.4. The molecule has 1 N–H and O–H groups in total. The minimum atomic E-state index is -0.381. The van der Waals surface area contributed by atoms with Gasteiger partial charge >= 0.3 is 0 Å². The van der Waals surface area contributed by atoms with Crippen LogP contribution in [0.5, 0.6) is 0 Å². The van der Waals surface area contributed by atoms with Gasteiger partial charge in [-0.1, -0.05) is 11.6 Å². The molecule has 3 heterocycles. The maximum atomic E-state index is 10.4. The minimum absolute atomic E-state index is 0.00911. The number of nitrogens with zero attached hydrogens (tertiary/aromatic N) is 6. The highest BCUT2D eigenvalue weighted by Crippen LogP contribution is 2.41. The Morgan fingerprint density at radius 2 is 1.86 bits per heavy atom. The van der Waals surface area contributed by atoms with Gasteiger partial charge in [0.1, 0.15) is 12.7 Å². The molecule has 4 atom stereocenters. The molecule has 22 heavy (non-hydrogen) atoms. The molecule has 116 valence electrons. The molecule has 2 aromatic rings. The highest BCUT2D eigenvalue weighted by Gasteiger charge is 2.43. The van der Waals surface area contributed by atoms with Gasteiger partial charge in [0, 0.05) is 13.1 Å². The first kappa shape index (κ1) is 13.9. The van der Waals surface area contributed by atoms with Crippen molar-refractivity contribution in [3.8, 4) is 0 Å². The fourth-order valence-electron chi connectivity index (χ4n) is 3.71. The molecule has 0 spiro atoms. The van der Waals surface area contributed by atoms with E-state index in [1.807, 2.05) is 0 Å². The van der Waals surface area contributed by atoms with Gasteiger partial charge in [-0.2, -0.15) is 5.10 Å². The molecule has 2 fully saturated rings. The van der Waals surface area contributed by atoms with Gasteiger partial charge < -0.3 is 10.0 Å². The first-order valence-electron chi connectivity index (χ1n) is 7.45. The van der Waals surface area contributed by atoms with Crippen LogP contribution in [0.4, 0.5) is 5.95 Å². The third-order valence-electron chi connectivity index (χ3n) is 4.78. The Balaban J connectivity index is 1.50. The topological polar surface area (TPSA) is 80.0 Å². The summed E-state index contributed by atoms with van der Waals surface area (Å²) in [6, 6.07) is 0.00911. The largest absolute Gasteiger partial charge is 0.391 e. The number of aromatic nitrogens is 5. The molecule has 2 aliphatic rings. The summed E-state index contributed by atoms with van der Waals surface area (Å²) in [4.78, 5) is 14.8. The third kappa shape index (κ3) is 2.44. The van der Waals surface area contributed by atoms with Crippen molar-refractivity contribution in [3.05, 3.63) is 30.1 Å². The number of hydrogen-bond acceptors (Lipinski definition) is 6. The Labute approximate surface area is 133 Å². The Kier molecular flexibility index (Phi) is 3.46. The van der Waals surface area contributed by atoms with E-state index in [-0.39, 0.29) is 12.1 Å². The van der Waals surface area contributed by atoms with E-state index in [0.717, 1.165) is 25.9 Å². The van der Waals surface area contributed by atoms with Crippen LogP contribution in [0.2, 0.25) is 5.02 Å². The van der Waals surface area contributed by atoms with Crippen LogP contribution < -0.4 is 4.90 Å². The van der Waals surface area contributed by atoms with E-state index < -0.39 is 0 Å². The van der Waals surface area contributed by atoms with Gasteiger partial charge in [-0.05, 0) is 24.7 Å². The first-order chi connectivity index (χ1) is 10.7. The van der Waals surface area contributed by atoms with Crippen molar-refractivity contribution in [3.63, 3.8) is 0 Å². The maximum Gasteiger partial charge on any atom is 0.225 e. The Morgan fingerprint density at radius 1 is 1.14 bits per heavy atom. The average molecular weight is 321 g/mol. The minimum Gasteiger partial charge on any atom is -0.391 e. The molecule has 4 rings (SSSR count). The molecule has 1 aliphatic heterocycles. The van der Waals surface area contributed by atoms with E-state index in [9.17, 15) is 5.11 Å². The van der Waals surface area contributed by atoms with Crippen molar-refractivity contribution < 1.29 is 5.11 Å². The summed E-state index contributed by atoms with van der Waals surface area (Å²) in [5.41, 5.74) is 0. The molecule has 0 amide bonds. The van der Waals surface area contributed by atoms with Crippen molar-refractivity contribution in [1.29, 1.82) is 0 Å². The average Bonchev–Trinajstić information content (AvgIpc) is 3.15. The van der Waals surface area contributed by atoms with E-state index in [2.05, 4.69) is 25.0 Å². The lowest BCUT2D eigenvalue weighted by Gasteiger charge is -2.34. The Morgan fingerprint density at radius 3 is 2.55 bits per heavy atom. The van der Waals surface area contributed by atoms with Crippen LogP contribution in [-0.4, -0.2) is 49.0 Å². The highest BCUT2D eigenvalue weighted by molar-refractivity contribution is 6.30. The molecule has 7 nitrogen and oxygen atoms in total. The third-order valence-corrected chi connectivity index (χ3v) is 4.97. The van der Waals surface area contributed by atoms with Crippen LogP contribution in [0, 0.1) is 11.8 Å². The molecule has 1 aliphatic carbocycles. The van der Waals surface area contributed by atoms with Gasteiger partial charge in [0.15, 0.2) is 0 Å². The molecule has 1 saturated heterocycles. The zero-order valence-corrected chi connectivity index (χ0v) is 12.7. The van der Waals surface area contributed by atoms with Gasteiger partial charge in [-0.3, -0.25) is 0 Å². The van der Waals surface area contributed by atoms with E-state index in [1.54, 1.807) is 23.4 Å². The fraction of sp³-hybridized carbons (Fsp3) is 0.571. The summed E-state index contributed by atoms with van der Waals surface area (Å²) in [6.45, 7) is 1.79. The van der Waals surface area contributed by atoms with Crippen molar-refractivity contribution in [1.82, 2.24) is 24.7 Å². The standard InChI is InChI=1S/C14H17ClN6O/c15-11-3-17-14(18-4-11)20-5-9-1-12(21-8-16-7-19-21)13(22)2-10(9)6-20/h3-4,7-10,12-13,22H,1-2,5-6H2/t9-,10+,12-,13-/m1/s1. The summed E-state index contributed by atoms with van der Waals surface area (Å²) >= 11 is 5.84. The smallest absolute Gasteiger partial charge is 0.225 e. The van der Waals surface area contributed by atoms with Crippen LogP contribution in [-0.2, 0) is 0 Å². The summed E-state index contributed by atoms with van der Waals surface area (Å²) in [7, 11) is 0. The molecule has 0 aromatic carbocycles. The number of fused-ring (bicyclic) bond motifs is 1. The van der Waals surface area contributed by atoms with E-state index in [4.69, 9.17) is 11.6 Å². The number of aliphatic hydroxyl groups is 1. The molecule has 2 aromatic heterocycles. The van der Waals surface area contributed by atoms with Crippen LogP contribution in [0.15, 0.2) is 25.0 Å². The van der Waals surface area contributed by atoms with Gasteiger partial charge in [-0.25, -0.2) is 19.6 Å².